The molecule has 1 atom stereocenters. The van der Waals surface area contributed by atoms with E-state index < -0.39 is 6.10 Å². The highest BCUT2D eigenvalue weighted by Crippen LogP contribution is 1.98. The zero-order chi connectivity index (χ0) is 9.56. The minimum Gasteiger partial charge on any atom is -0.392 e. The van der Waals surface area contributed by atoms with Crippen molar-refractivity contribution >= 4 is 5.78 Å². The lowest BCUT2D eigenvalue weighted by Gasteiger charge is -1.98. The molecule has 0 aromatic heterocycles. The van der Waals surface area contributed by atoms with Crippen molar-refractivity contribution in [2.24, 2.45) is 0 Å². The summed E-state index contributed by atoms with van der Waals surface area (Å²) in [5.41, 5.74) is 0.542. The predicted molar refractivity (Wildman–Crippen MR) is 46.7 cm³/mol. The summed E-state index contributed by atoms with van der Waals surface area (Å²) in [5, 5.41) is 17.7. The molecule has 0 aromatic rings. The van der Waals surface area contributed by atoms with Crippen LogP contribution in [0.4, 0.5) is 0 Å². The van der Waals surface area contributed by atoms with Crippen LogP contribution in [-0.2, 0) is 4.79 Å². The van der Waals surface area contributed by atoms with Crippen LogP contribution in [0.15, 0.2) is 23.8 Å². The van der Waals surface area contributed by atoms with Gasteiger partial charge in [-0.25, -0.2) is 0 Å². The Bertz CT molecular complexity index is 202. The van der Waals surface area contributed by atoms with Crippen LogP contribution in [0.25, 0.3) is 0 Å². The molecule has 0 radical (unpaired) electrons. The van der Waals surface area contributed by atoms with E-state index in [1.165, 1.54) is 25.2 Å². The molecule has 0 aromatic carbocycles. The van der Waals surface area contributed by atoms with Crippen molar-refractivity contribution in [3.8, 4) is 0 Å². The number of carbonyl (C=O) groups excluding carboxylic acids is 1. The van der Waals surface area contributed by atoms with E-state index in [9.17, 15) is 4.79 Å². The molecule has 0 aliphatic heterocycles. The Kier molecular flexibility index (Phi) is 5.25. The first-order valence-corrected chi connectivity index (χ1v) is 3.74. The van der Waals surface area contributed by atoms with Crippen LogP contribution in [0, 0.1) is 0 Å². The molecule has 0 heterocycles. The van der Waals surface area contributed by atoms with Gasteiger partial charge in [0.25, 0.3) is 0 Å². The Morgan fingerprint density at radius 3 is 2.42 bits per heavy atom. The number of allylic oxidation sites excluding steroid dienone is 1. The summed E-state index contributed by atoms with van der Waals surface area (Å²) in [6.45, 7) is 2.83. The second kappa shape index (κ2) is 5.69. The molecule has 3 heteroatoms. The Hall–Kier alpha value is -0.930. The molecule has 0 saturated heterocycles. The van der Waals surface area contributed by atoms with Gasteiger partial charge in [-0.15, -0.1) is 0 Å². The minimum atomic E-state index is -0.608. The van der Waals surface area contributed by atoms with Gasteiger partial charge in [0, 0.05) is 0 Å². The minimum absolute atomic E-state index is 0.0834. The molecule has 0 spiro atoms. The number of aliphatic hydroxyl groups is 2. The van der Waals surface area contributed by atoms with Gasteiger partial charge < -0.3 is 10.2 Å². The van der Waals surface area contributed by atoms with E-state index in [-0.39, 0.29) is 12.4 Å². The van der Waals surface area contributed by atoms with Gasteiger partial charge in [0.15, 0.2) is 5.78 Å². The van der Waals surface area contributed by atoms with Crippen molar-refractivity contribution in [3.05, 3.63) is 23.8 Å². The van der Waals surface area contributed by atoms with Crippen LogP contribution in [0.1, 0.15) is 13.8 Å². The van der Waals surface area contributed by atoms with Gasteiger partial charge >= 0.3 is 0 Å². The quantitative estimate of drug-likeness (QED) is 0.475. The number of rotatable bonds is 4. The predicted octanol–water partition coefficient (Wildman–Crippen LogP) is 0.431. The molecule has 12 heavy (non-hydrogen) atoms. The van der Waals surface area contributed by atoms with Gasteiger partial charge in [-0.3, -0.25) is 4.79 Å². The summed E-state index contributed by atoms with van der Waals surface area (Å²) in [7, 11) is 0. The molecule has 0 rings (SSSR count). The third kappa shape index (κ3) is 5.82. The second-order valence-corrected chi connectivity index (χ2v) is 2.58. The standard InChI is InChI=1S/C9H14O3/c1-7(11)3-4-9(6-10)5-8(2)12/h3-5,8,10,12H,6H2,1-2H3/b4-3+,9-5-/t8-/m1/s1. The monoisotopic (exact) mass is 170 g/mol. The molecular formula is C9H14O3. The molecular weight excluding hydrogens is 156 g/mol. The topological polar surface area (TPSA) is 57.5 Å². The van der Waals surface area contributed by atoms with Crippen molar-refractivity contribution in [2.75, 3.05) is 6.61 Å². The van der Waals surface area contributed by atoms with Crippen molar-refractivity contribution in [1.29, 1.82) is 0 Å². The van der Waals surface area contributed by atoms with Gasteiger partial charge in [0.05, 0.1) is 12.7 Å². The number of carbonyl (C=O) groups is 1. The lowest BCUT2D eigenvalue weighted by atomic mass is 10.2. The average molecular weight is 170 g/mol. The fraction of sp³-hybridized carbons (Fsp3) is 0.444. The highest BCUT2D eigenvalue weighted by Gasteiger charge is 1.93. The molecule has 0 aliphatic rings. The maximum absolute atomic E-state index is 10.5. The molecule has 0 aliphatic carbocycles. The van der Waals surface area contributed by atoms with E-state index in [0.717, 1.165) is 0 Å². The van der Waals surface area contributed by atoms with Crippen molar-refractivity contribution in [3.63, 3.8) is 0 Å². The molecule has 0 unspecified atom stereocenters. The Labute approximate surface area is 72.0 Å². The summed E-state index contributed by atoms with van der Waals surface area (Å²) in [6, 6.07) is 0. The first-order chi connectivity index (χ1) is 5.56. The summed E-state index contributed by atoms with van der Waals surface area (Å²) in [6.07, 6.45) is 3.72. The maximum Gasteiger partial charge on any atom is 0.152 e. The van der Waals surface area contributed by atoms with E-state index in [2.05, 4.69) is 0 Å². The first-order valence-electron chi connectivity index (χ1n) is 3.74. The number of ketones is 1. The zero-order valence-electron chi connectivity index (χ0n) is 7.32. The maximum atomic E-state index is 10.5. The largest absolute Gasteiger partial charge is 0.392 e. The van der Waals surface area contributed by atoms with Gasteiger partial charge in [-0.2, -0.15) is 0 Å². The van der Waals surface area contributed by atoms with Crippen LogP contribution in [0.3, 0.4) is 0 Å². The molecule has 2 N–H and O–H groups in total. The number of hydrogen-bond donors (Lipinski definition) is 2. The fourth-order valence-electron chi connectivity index (χ4n) is 0.695. The molecule has 3 nitrogen and oxygen atoms in total. The second-order valence-electron chi connectivity index (χ2n) is 2.58. The Balaban J connectivity index is 4.27. The third-order valence-corrected chi connectivity index (χ3v) is 1.17. The van der Waals surface area contributed by atoms with Crippen LogP contribution < -0.4 is 0 Å². The summed E-state index contributed by atoms with van der Waals surface area (Å²) < 4.78 is 0. The van der Waals surface area contributed by atoms with E-state index in [1.54, 1.807) is 6.92 Å². The van der Waals surface area contributed by atoms with Gasteiger partial charge in [-0.1, -0.05) is 12.2 Å². The number of hydrogen-bond acceptors (Lipinski definition) is 3. The highest BCUT2D eigenvalue weighted by molar-refractivity contribution is 5.87. The van der Waals surface area contributed by atoms with E-state index >= 15 is 0 Å². The van der Waals surface area contributed by atoms with Gasteiger partial charge in [-0.05, 0) is 25.5 Å². The van der Waals surface area contributed by atoms with E-state index in [1.807, 2.05) is 0 Å². The van der Waals surface area contributed by atoms with E-state index in [4.69, 9.17) is 10.2 Å². The van der Waals surface area contributed by atoms with Crippen molar-refractivity contribution in [2.45, 2.75) is 20.0 Å². The highest BCUT2D eigenvalue weighted by atomic mass is 16.3. The Morgan fingerprint density at radius 1 is 1.50 bits per heavy atom. The summed E-state index contributed by atoms with van der Waals surface area (Å²) >= 11 is 0. The molecule has 0 bridgehead atoms. The van der Waals surface area contributed by atoms with Gasteiger partial charge in [0.1, 0.15) is 0 Å². The normalized spacial score (nSPS) is 15.2. The third-order valence-electron chi connectivity index (χ3n) is 1.17. The van der Waals surface area contributed by atoms with Crippen LogP contribution in [-0.4, -0.2) is 28.7 Å². The summed E-state index contributed by atoms with van der Waals surface area (Å²) in [5.74, 6) is -0.0834. The number of aliphatic hydroxyl groups excluding tert-OH is 2. The lowest BCUT2D eigenvalue weighted by Crippen LogP contribution is -1.98. The van der Waals surface area contributed by atoms with Crippen LogP contribution >= 0.6 is 0 Å². The molecule has 0 fully saturated rings. The van der Waals surface area contributed by atoms with Crippen molar-refractivity contribution in [1.82, 2.24) is 0 Å². The Morgan fingerprint density at radius 2 is 2.08 bits per heavy atom. The molecule has 0 amide bonds. The SMILES string of the molecule is CC(=O)/C=C/C(=C/[C@@H](C)O)CO. The summed E-state index contributed by atoms with van der Waals surface area (Å²) in [4.78, 5) is 10.5. The molecule has 0 saturated carbocycles. The van der Waals surface area contributed by atoms with E-state index in [0.29, 0.717) is 5.57 Å². The first kappa shape index (κ1) is 11.1. The lowest BCUT2D eigenvalue weighted by molar-refractivity contribution is -0.112. The zero-order valence-corrected chi connectivity index (χ0v) is 7.32. The van der Waals surface area contributed by atoms with Crippen LogP contribution in [0.2, 0.25) is 0 Å². The average Bonchev–Trinajstić information content (AvgIpc) is 1.97. The molecule has 68 valence electrons. The van der Waals surface area contributed by atoms with Crippen LogP contribution in [0.5, 0.6) is 0 Å². The van der Waals surface area contributed by atoms with Crippen molar-refractivity contribution < 1.29 is 15.0 Å². The van der Waals surface area contributed by atoms with Gasteiger partial charge in [0.2, 0.25) is 0 Å². The smallest absolute Gasteiger partial charge is 0.152 e. The fourth-order valence-corrected chi connectivity index (χ4v) is 0.695.